The molecule has 0 rings (SSSR count). The van der Waals surface area contributed by atoms with Crippen LogP contribution >= 0.6 is 12.6 Å². The number of carbonyl (C=O) groups excluding carboxylic acids is 1. The van der Waals surface area contributed by atoms with Crippen molar-refractivity contribution < 1.29 is 9.53 Å². The fourth-order valence-corrected chi connectivity index (χ4v) is 0.661. The van der Waals surface area contributed by atoms with Crippen LogP contribution in [-0.4, -0.2) is 17.8 Å². The second-order valence-corrected chi connectivity index (χ2v) is 2.75. The van der Waals surface area contributed by atoms with Crippen molar-refractivity contribution in [2.24, 2.45) is 5.73 Å². The quantitative estimate of drug-likeness (QED) is 0.387. The fraction of sp³-hybridized carbons (Fsp3) is 0.625. The van der Waals surface area contributed by atoms with E-state index in [0.717, 1.165) is 12.8 Å². The highest BCUT2D eigenvalue weighted by atomic mass is 32.1. The molecule has 0 fully saturated rings. The van der Waals surface area contributed by atoms with E-state index in [1.165, 1.54) is 6.26 Å². The van der Waals surface area contributed by atoms with Gasteiger partial charge >= 0.3 is 5.97 Å². The lowest BCUT2D eigenvalue weighted by molar-refractivity contribution is -0.138. The summed E-state index contributed by atoms with van der Waals surface area (Å²) >= 11 is 3.87. The molecule has 0 saturated carbocycles. The first-order valence-corrected chi connectivity index (χ1v) is 4.57. The van der Waals surface area contributed by atoms with Crippen LogP contribution in [0.2, 0.25) is 0 Å². The number of nitrogens with two attached hydrogens (primary N) is 1. The number of unbranched alkanes of at least 4 members (excludes halogenated alkanes) is 1. The van der Waals surface area contributed by atoms with Gasteiger partial charge in [-0.05, 0) is 12.5 Å². The number of hydrogen-bond donors (Lipinski definition) is 2. The fourth-order valence-electron chi connectivity index (χ4n) is 0.512. The number of ether oxygens (including phenoxy) is 1. The Hall–Kier alpha value is -0.480. The van der Waals surface area contributed by atoms with Crippen molar-refractivity contribution in [3.05, 3.63) is 12.3 Å². The first kappa shape index (κ1) is 11.5. The predicted octanol–water partition coefficient (Wildman–Crippen LogP) is 1.10. The van der Waals surface area contributed by atoms with E-state index in [0.29, 0.717) is 5.75 Å². The summed E-state index contributed by atoms with van der Waals surface area (Å²) in [6.07, 6.45) is 5.12. The molecule has 0 heterocycles. The summed E-state index contributed by atoms with van der Waals surface area (Å²) in [5, 5.41) is 0. The third-order valence-corrected chi connectivity index (χ3v) is 1.63. The number of esters is 1. The standard InChI is InChI=1S/C8H15NO2S/c1-2-3-4-5-11-8(10)7(9)6-12/h4-5,7,12H,2-3,6,9H2,1H3/t7-/m0/s1. The summed E-state index contributed by atoms with van der Waals surface area (Å²) in [5.74, 6) is -0.127. The maximum Gasteiger partial charge on any atom is 0.328 e. The van der Waals surface area contributed by atoms with Gasteiger partial charge in [0.15, 0.2) is 0 Å². The van der Waals surface area contributed by atoms with Crippen molar-refractivity contribution in [3.63, 3.8) is 0 Å². The van der Waals surface area contributed by atoms with Crippen LogP contribution in [-0.2, 0) is 9.53 Å². The van der Waals surface area contributed by atoms with Gasteiger partial charge in [-0.2, -0.15) is 12.6 Å². The summed E-state index contributed by atoms with van der Waals surface area (Å²) < 4.78 is 4.70. The van der Waals surface area contributed by atoms with E-state index >= 15 is 0 Å². The van der Waals surface area contributed by atoms with Gasteiger partial charge in [0.1, 0.15) is 6.04 Å². The third-order valence-electron chi connectivity index (χ3n) is 1.24. The van der Waals surface area contributed by atoms with Gasteiger partial charge in [-0.15, -0.1) is 0 Å². The number of carbonyl (C=O) groups is 1. The first-order valence-electron chi connectivity index (χ1n) is 3.94. The van der Waals surface area contributed by atoms with Gasteiger partial charge in [0.25, 0.3) is 0 Å². The molecule has 4 heteroatoms. The first-order chi connectivity index (χ1) is 5.72. The second-order valence-electron chi connectivity index (χ2n) is 2.39. The van der Waals surface area contributed by atoms with Crippen LogP contribution < -0.4 is 5.73 Å². The predicted molar refractivity (Wildman–Crippen MR) is 52.0 cm³/mol. The number of hydrogen-bond acceptors (Lipinski definition) is 4. The summed E-state index contributed by atoms with van der Waals surface area (Å²) in [7, 11) is 0. The molecule has 1 atom stereocenters. The molecular weight excluding hydrogens is 174 g/mol. The molecule has 0 aromatic carbocycles. The van der Waals surface area contributed by atoms with Crippen molar-refractivity contribution in [3.8, 4) is 0 Å². The van der Waals surface area contributed by atoms with Crippen LogP contribution in [0, 0.1) is 0 Å². The Balaban J connectivity index is 3.56. The maximum atomic E-state index is 10.9. The molecule has 0 aliphatic heterocycles. The highest BCUT2D eigenvalue weighted by molar-refractivity contribution is 7.80. The Kier molecular flexibility index (Phi) is 6.90. The van der Waals surface area contributed by atoms with Gasteiger partial charge in [0.05, 0.1) is 6.26 Å². The lowest BCUT2D eigenvalue weighted by Crippen LogP contribution is -2.32. The Morgan fingerprint density at radius 1 is 1.75 bits per heavy atom. The van der Waals surface area contributed by atoms with Crippen molar-refractivity contribution in [1.29, 1.82) is 0 Å². The summed E-state index contributed by atoms with van der Waals surface area (Å²) in [5.41, 5.74) is 5.35. The van der Waals surface area contributed by atoms with E-state index < -0.39 is 12.0 Å². The summed E-state index contributed by atoms with van der Waals surface area (Å²) in [6.45, 7) is 2.05. The average molecular weight is 189 g/mol. The highest BCUT2D eigenvalue weighted by Crippen LogP contribution is 1.92. The SMILES string of the molecule is CCCC=COC(=O)[C@@H](N)CS. The van der Waals surface area contributed by atoms with Crippen LogP contribution in [0.3, 0.4) is 0 Å². The molecule has 0 saturated heterocycles. The van der Waals surface area contributed by atoms with Crippen LogP contribution in [0.25, 0.3) is 0 Å². The summed E-state index contributed by atoms with van der Waals surface area (Å²) in [6, 6.07) is -0.625. The van der Waals surface area contributed by atoms with Crippen LogP contribution in [0.15, 0.2) is 12.3 Å². The van der Waals surface area contributed by atoms with Crippen LogP contribution in [0.5, 0.6) is 0 Å². The third kappa shape index (κ3) is 5.21. The average Bonchev–Trinajstić information content (AvgIpc) is 2.10. The van der Waals surface area contributed by atoms with Gasteiger partial charge in [-0.25, -0.2) is 4.79 Å². The lowest BCUT2D eigenvalue weighted by atomic mass is 10.3. The van der Waals surface area contributed by atoms with Crippen LogP contribution in [0.1, 0.15) is 19.8 Å². The maximum absolute atomic E-state index is 10.9. The van der Waals surface area contributed by atoms with Gasteiger partial charge in [0, 0.05) is 5.75 Å². The van der Waals surface area contributed by atoms with E-state index in [-0.39, 0.29) is 0 Å². The molecule has 0 radical (unpaired) electrons. The van der Waals surface area contributed by atoms with Crippen LogP contribution in [0.4, 0.5) is 0 Å². The summed E-state index contributed by atoms with van der Waals surface area (Å²) in [4.78, 5) is 10.9. The molecule has 0 aromatic rings. The highest BCUT2D eigenvalue weighted by Gasteiger charge is 2.10. The molecule has 0 aliphatic carbocycles. The molecule has 0 amide bonds. The number of thiol groups is 1. The van der Waals surface area contributed by atoms with Gasteiger partial charge in [-0.1, -0.05) is 13.3 Å². The monoisotopic (exact) mass is 189 g/mol. The molecule has 70 valence electrons. The van der Waals surface area contributed by atoms with E-state index in [9.17, 15) is 4.79 Å². The van der Waals surface area contributed by atoms with Gasteiger partial charge < -0.3 is 10.5 Å². The topological polar surface area (TPSA) is 52.3 Å². The zero-order valence-electron chi connectivity index (χ0n) is 7.19. The van der Waals surface area contributed by atoms with Gasteiger partial charge in [-0.3, -0.25) is 0 Å². The zero-order chi connectivity index (χ0) is 9.40. The van der Waals surface area contributed by atoms with Gasteiger partial charge in [0.2, 0.25) is 0 Å². The largest absolute Gasteiger partial charge is 0.434 e. The normalized spacial score (nSPS) is 13.2. The molecular formula is C8H15NO2S. The van der Waals surface area contributed by atoms with E-state index in [4.69, 9.17) is 10.5 Å². The molecule has 12 heavy (non-hydrogen) atoms. The van der Waals surface area contributed by atoms with Crippen molar-refractivity contribution in [2.75, 3.05) is 5.75 Å². The molecule has 2 N–H and O–H groups in total. The van der Waals surface area contributed by atoms with Crippen molar-refractivity contribution >= 4 is 18.6 Å². The molecule has 3 nitrogen and oxygen atoms in total. The molecule has 0 bridgehead atoms. The Morgan fingerprint density at radius 3 is 2.92 bits per heavy atom. The van der Waals surface area contributed by atoms with E-state index in [1.807, 2.05) is 6.92 Å². The Bertz CT molecular complexity index is 159. The molecule has 0 aromatic heterocycles. The minimum Gasteiger partial charge on any atom is -0.434 e. The minimum absolute atomic E-state index is 0.306. The van der Waals surface area contributed by atoms with E-state index in [1.54, 1.807) is 6.08 Å². The Morgan fingerprint density at radius 2 is 2.42 bits per heavy atom. The smallest absolute Gasteiger partial charge is 0.328 e. The number of allylic oxidation sites excluding steroid dienone is 1. The Labute approximate surface area is 78.4 Å². The molecule has 0 aliphatic rings. The zero-order valence-corrected chi connectivity index (χ0v) is 8.09. The second kappa shape index (κ2) is 7.18. The molecule has 0 spiro atoms. The van der Waals surface area contributed by atoms with Crippen molar-refractivity contribution in [1.82, 2.24) is 0 Å². The molecule has 0 unspecified atom stereocenters. The van der Waals surface area contributed by atoms with Crippen molar-refractivity contribution in [2.45, 2.75) is 25.8 Å². The number of rotatable bonds is 5. The minimum atomic E-state index is -0.625. The van der Waals surface area contributed by atoms with E-state index in [2.05, 4.69) is 12.6 Å². The lowest BCUT2D eigenvalue weighted by Gasteiger charge is -2.03.